The van der Waals surface area contributed by atoms with Crippen LogP contribution in [0.5, 0.6) is 0 Å². The van der Waals surface area contributed by atoms with Crippen LogP contribution in [0.15, 0.2) is 12.2 Å². The van der Waals surface area contributed by atoms with Crippen molar-refractivity contribution < 1.29 is 39.8 Å². The molecule has 1 saturated heterocycles. The monoisotopic (exact) mass is 388 g/mol. The van der Waals surface area contributed by atoms with Gasteiger partial charge in [0.15, 0.2) is 12.1 Å². The highest BCUT2D eigenvalue weighted by atomic mass is 16.7. The molecule has 5 N–H and O–H groups in total. The van der Waals surface area contributed by atoms with Gasteiger partial charge in [0.1, 0.15) is 24.4 Å². The average molecular weight is 388 g/mol. The Morgan fingerprint density at radius 3 is 2.37 bits per heavy atom. The summed E-state index contributed by atoms with van der Waals surface area (Å²) < 4.78 is 11.3. The first-order valence-corrected chi connectivity index (χ1v) is 9.31. The molecule has 2 rings (SSSR count). The SMILES string of the molecule is CC(=O)/C=C/[C@]1(O)[C@@H](C)C[C@H](O[C@@H]2O[C@H](CO)[C@@H](O)[C@H](O)[C@H]2O)CC1(C)C. The molecule has 2 fully saturated rings. The van der Waals surface area contributed by atoms with Crippen LogP contribution in [0.25, 0.3) is 0 Å². The van der Waals surface area contributed by atoms with Crippen LogP contribution in [0.1, 0.15) is 40.5 Å². The van der Waals surface area contributed by atoms with Gasteiger partial charge in [-0.25, -0.2) is 0 Å². The third-order valence-electron chi connectivity index (χ3n) is 5.94. The molecule has 1 aliphatic carbocycles. The predicted molar refractivity (Wildman–Crippen MR) is 95.6 cm³/mol. The molecule has 0 amide bonds. The van der Waals surface area contributed by atoms with Crippen molar-refractivity contribution in [2.24, 2.45) is 11.3 Å². The molecule has 8 nitrogen and oxygen atoms in total. The Kier molecular flexibility index (Phi) is 6.85. The zero-order valence-corrected chi connectivity index (χ0v) is 16.3. The van der Waals surface area contributed by atoms with Crippen molar-refractivity contribution in [1.82, 2.24) is 0 Å². The summed E-state index contributed by atoms with van der Waals surface area (Å²) in [5, 5.41) is 50.4. The van der Waals surface area contributed by atoms with Gasteiger partial charge in [0.25, 0.3) is 0 Å². The van der Waals surface area contributed by atoms with Crippen LogP contribution in [0, 0.1) is 11.3 Å². The quantitative estimate of drug-likeness (QED) is 0.398. The van der Waals surface area contributed by atoms with E-state index in [1.54, 1.807) is 6.08 Å². The summed E-state index contributed by atoms with van der Waals surface area (Å²) in [7, 11) is 0. The number of rotatable bonds is 5. The van der Waals surface area contributed by atoms with E-state index in [2.05, 4.69) is 0 Å². The van der Waals surface area contributed by atoms with Crippen LogP contribution >= 0.6 is 0 Å². The van der Waals surface area contributed by atoms with Gasteiger partial charge in [-0.1, -0.05) is 20.8 Å². The van der Waals surface area contributed by atoms with E-state index in [1.807, 2.05) is 20.8 Å². The predicted octanol–water partition coefficient (Wildman–Crippen LogP) is -0.496. The van der Waals surface area contributed by atoms with E-state index >= 15 is 0 Å². The topological polar surface area (TPSA) is 137 Å². The van der Waals surface area contributed by atoms with Crippen LogP contribution in [-0.4, -0.2) is 80.3 Å². The molecule has 8 heteroatoms. The number of hydrogen-bond acceptors (Lipinski definition) is 8. The number of carbonyl (C=O) groups is 1. The van der Waals surface area contributed by atoms with Crippen molar-refractivity contribution in [2.45, 2.75) is 82.9 Å². The molecule has 0 aromatic heterocycles. The summed E-state index contributed by atoms with van der Waals surface area (Å²) in [4.78, 5) is 11.3. The lowest BCUT2D eigenvalue weighted by Gasteiger charge is -2.52. The molecule has 0 aromatic rings. The Morgan fingerprint density at radius 2 is 1.85 bits per heavy atom. The van der Waals surface area contributed by atoms with Gasteiger partial charge in [-0.3, -0.25) is 4.79 Å². The van der Waals surface area contributed by atoms with E-state index in [0.717, 1.165) is 0 Å². The fourth-order valence-electron chi connectivity index (χ4n) is 4.16. The van der Waals surface area contributed by atoms with Gasteiger partial charge in [-0.2, -0.15) is 0 Å². The molecule has 8 atom stereocenters. The smallest absolute Gasteiger partial charge is 0.186 e. The minimum absolute atomic E-state index is 0.147. The summed E-state index contributed by atoms with van der Waals surface area (Å²) in [6.07, 6.45) is -3.23. The summed E-state index contributed by atoms with van der Waals surface area (Å²) >= 11 is 0. The lowest BCUT2D eigenvalue weighted by atomic mass is 9.59. The standard InChI is InChI=1S/C19H32O8/c1-10-7-12(8-18(3,4)19(10,25)6-5-11(2)21)26-17-16(24)15(23)14(22)13(9-20)27-17/h5-6,10,12-17,20,22-25H,7-9H2,1-4H3/b6-5+/t10-,12-,13+,14+,15-,16+,17+,19-/m0/s1. The molecule has 0 radical (unpaired) electrons. The zero-order valence-electron chi connectivity index (χ0n) is 16.3. The van der Waals surface area contributed by atoms with E-state index in [1.165, 1.54) is 13.0 Å². The van der Waals surface area contributed by atoms with Crippen molar-refractivity contribution in [2.75, 3.05) is 6.61 Å². The molecule has 156 valence electrons. The van der Waals surface area contributed by atoms with E-state index in [4.69, 9.17) is 9.47 Å². The molecule has 2 aliphatic rings. The fourth-order valence-corrected chi connectivity index (χ4v) is 4.16. The molecule has 1 heterocycles. The van der Waals surface area contributed by atoms with E-state index in [0.29, 0.717) is 12.8 Å². The van der Waals surface area contributed by atoms with Crippen LogP contribution in [0.2, 0.25) is 0 Å². The minimum atomic E-state index is -1.50. The number of hydrogen-bond donors (Lipinski definition) is 5. The third kappa shape index (κ3) is 4.42. The second kappa shape index (κ2) is 8.24. The Hall–Kier alpha value is -0.870. The highest BCUT2D eigenvalue weighted by Crippen LogP contribution is 2.49. The van der Waals surface area contributed by atoms with Gasteiger partial charge in [0, 0.05) is 0 Å². The maximum atomic E-state index is 11.3. The zero-order chi connectivity index (χ0) is 20.6. The number of ketones is 1. The van der Waals surface area contributed by atoms with Gasteiger partial charge in [-0.05, 0) is 43.3 Å². The molecule has 27 heavy (non-hydrogen) atoms. The van der Waals surface area contributed by atoms with Crippen molar-refractivity contribution in [3.05, 3.63) is 12.2 Å². The minimum Gasteiger partial charge on any atom is -0.394 e. The van der Waals surface area contributed by atoms with Crippen LogP contribution < -0.4 is 0 Å². The molecule has 0 aromatic carbocycles. The maximum absolute atomic E-state index is 11.3. The van der Waals surface area contributed by atoms with Crippen LogP contribution in [-0.2, 0) is 14.3 Å². The van der Waals surface area contributed by atoms with Crippen molar-refractivity contribution >= 4 is 5.78 Å². The molecule has 1 aliphatic heterocycles. The van der Waals surface area contributed by atoms with Gasteiger partial charge in [0.05, 0.1) is 18.3 Å². The first kappa shape index (κ1) is 22.4. The van der Waals surface area contributed by atoms with E-state index in [-0.39, 0.29) is 17.8 Å². The van der Waals surface area contributed by atoms with Gasteiger partial charge in [-0.15, -0.1) is 0 Å². The number of ether oxygens (including phenoxy) is 2. The van der Waals surface area contributed by atoms with Crippen molar-refractivity contribution in [1.29, 1.82) is 0 Å². The number of aliphatic hydroxyl groups excluding tert-OH is 4. The largest absolute Gasteiger partial charge is 0.394 e. The van der Waals surface area contributed by atoms with E-state index < -0.39 is 48.3 Å². The maximum Gasteiger partial charge on any atom is 0.186 e. The first-order chi connectivity index (χ1) is 12.4. The summed E-state index contributed by atoms with van der Waals surface area (Å²) in [6.45, 7) is 6.50. The summed E-state index contributed by atoms with van der Waals surface area (Å²) in [5.41, 5.74) is -1.83. The molecule has 1 saturated carbocycles. The molecular weight excluding hydrogens is 356 g/mol. The number of allylic oxidation sites excluding steroid dienone is 1. The molecule has 0 bridgehead atoms. The first-order valence-electron chi connectivity index (χ1n) is 9.31. The Morgan fingerprint density at radius 1 is 1.22 bits per heavy atom. The van der Waals surface area contributed by atoms with Crippen molar-refractivity contribution in [3.63, 3.8) is 0 Å². The van der Waals surface area contributed by atoms with Gasteiger partial charge in [0.2, 0.25) is 0 Å². The highest BCUT2D eigenvalue weighted by molar-refractivity contribution is 5.87. The molecule has 0 unspecified atom stereocenters. The Balaban J connectivity index is 2.13. The van der Waals surface area contributed by atoms with Gasteiger partial charge >= 0.3 is 0 Å². The normalized spacial score (nSPS) is 45.1. The lowest BCUT2D eigenvalue weighted by Crippen LogP contribution is -2.61. The van der Waals surface area contributed by atoms with Crippen LogP contribution in [0.4, 0.5) is 0 Å². The summed E-state index contributed by atoms with van der Waals surface area (Å²) in [6, 6.07) is 0. The fraction of sp³-hybridized carbons (Fsp3) is 0.842. The second-order valence-electron chi connectivity index (χ2n) is 8.45. The van der Waals surface area contributed by atoms with Crippen LogP contribution in [0.3, 0.4) is 0 Å². The second-order valence-corrected chi connectivity index (χ2v) is 8.45. The summed E-state index contributed by atoms with van der Waals surface area (Å²) in [5.74, 6) is -0.391. The third-order valence-corrected chi connectivity index (χ3v) is 5.94. The average Bonchev–Trinajstić information content (AvgIpc) is 2.58. The molecule has 0 spiro atoms. The lowest BCUT2D eigenvalue weighted by molar-refractivity contribution is -0.319. The van der Waals surface area contributed by atoms with Gasteiger partial charge < -0.3 is 35.0 Å². The number of carbonyl (C=O) groups excluding carboxylic acids is 1. The number of aliphatic hydroxyl groups is 5. The van der Waals surface area contributed by atoms with E-state index in [9.17, 15) is 30.3 Å². The Labute approximate surface area is 159 Å². The molecular formula is C19H32O8. The highest BCUT2D eigenvalue weighted by Gasteiger charge is 2.52. The Bertz CT molecular complexity index is 560. The van der Waals surface area contributed by atoms with Crippen molar-refractivity contribution in [3.8, 4) is 0 Å².